The molecule has 4 aromatic rings. The number of amides is 1. The van der Waals surface area contributed by atoms with E-state index in [0.717, 1.165) is 28.0 Å². The van der Waals surface area contributed by atoms with Crippen LogP contribution in [-0.4, -0.2) is 36.2 Å². The summed E-state index contributed by atoms with van der Waals surface area (Å²) in [6, 6.07) is 33.4. The molecule has 4 aromatic carbocycles. The number of ether oxygens (including phenoxy) is 2. The Morgan fingerprint density at radius 3 is 1.65 bits per heavy atom. The van der Waals surface area contributed by atoms with Gasteiger partial charge in [0.05, 0.1) is 0 Å². The summed E-state index contributed by atoms with van der Waals surface area (Å²) in [4.78, 5) is 23.9. The summed E-state index contributed by atoms with van der Waals surface area (Å²) in [6.07, 6.45) is 7.25. The Hall–Kier alpha value is -5.10. The van der Waals surface area contributed by atoms with E-state index in [1.807, 2.05) is 72.8 Å². The summed E-state index contributed by atoms with van der Waals surface area (Å²) in [7, 11) is 0. The van der Waals surface area contributed by atoms with Crippen LogP contribution in [0.3, 0.4) is 0 Å². The molecule has 0 fully saturated rings. The third kappa shape index (κ3) is 9.33. The molecule has 0 saturated carbocycles. The van der Waals surface area contributed by atoms with Gasteiger partial charge in [0.1, 0.15) is 30.8 Å². The van der Waals surface area contributed by atoms with Crippen LogP contribution in [0.1, 0.15) is 22.3 Å². The standard InChI is InChI=1S/C34H31NO5/c36-33(22-17-27-9-5-2-6-10-27)35-32(34(37)38)25-29-15-20-31(21-16-29)40-24-23-39-30-18-13-28(14-19-30)12-11-26-7-3-1-4-8-26/h1-22,32H,23-25H2,(H,35,36)(H,37,38)/b12-11+,22-17+. The monoisotopic (exact) mass is 533 g/mol. The Kier molecular flexibility index (Phi) is 10.3. The number of benzene rings is 4. The van der Waals surface area contributed by atoms with E-state index in [0.29, 0.717) is 19.0 Å². The van der Waals surface area contributed by atoms with Crippen molar-refractivity contribution in [3.05, 3.63) is 138 Å². The fourth-order valence-electron chi connectivity index (χ4n) is 3.86. The van der Waals surface area contributed by atoms with Gasteiger partial charge >= 0.3 is 5.97 Å². The molecule has 6 heteroatoms. The van der Waals surface area contributed by atoms with E-state index in [-0.39, 0.29) is 6.42 Å². The van der Waals surface area contributed by atoms with Crippen LogP contribution in [0.5, 0.6) is 11.5 Å². The average Bonchev–Trinajstić information content (AvgIpc) is 2.99. The highest BCUT2D eigenvalue weighted by molar-refractivity contribution is 5.94. The predicted molar refractivity (Wildman–Crippen MR) is 158 cm³/mol. The molecule has 4 rings (SSSR count). The van der Waals surface area contributed by atoms with Crippen molar-refractivity contribution in [1.82, 2.24) is 5.32 Å². The van der Waals surface area contributed by atoms with Crippen molar-refractivity contribution in [3.8, 4) is 11.5 Å². The smallest absolute Gasteiger partial charge is 0.326 e. The summed E-state index contributed by atoms with van der Waals surface area (Å²) in [5, 5.41) is 12.1. The molecule has 0 aromatic heterocycles. The lowest BCUT2D eigenvalue weighted by Gasteiger charge is -2.14. The van der Waals surface area contributed by atoms with E-state index in [1.165, 1.54) is 6.08 Å². The first-order valence-corrected chi connectivity index (χ1v) is 13.0. The predicted octanol–water partition coefficient (Wildman–Crippen LogP) is 6.14. The van der Waals surface area contributed by atoms with Crippen molar-refractivity contribution in [2.45, 2.75) is 12.5 Å². The highest BCUT2D eigenvalue weighted by Crippen LogP contribution is 2.16. The maximum Gasteiger partial charge on any atom is 0.326 e. The molecular formula is C34H31NO5. The van der Waals surface area contributed by atoms with Crippen LogP contribution in [0, 0.1) is 0 Å². The second-order valence-corrected chi connectivity index (χ2v) is 9.00. The summed E-state index contributed by atoms with van der Waals surface area (Å²) in [5.74, 6) is -0.152. The van der Waals surface area contributed by atoms with Gasteiger partial charge in [0.25, 0.3) is 0 Å². The van der Waals surface area contributed by atoms with Crippen LogP contribution in [-0.2, 0) is 16.0 Å². The lowest BCUT2D eigenvalue weighted by atomic mass is 10.1. The number of carbonyl (C=O) groups is 2. The molecule has 2 N–H and O–H groups in total. The van der Waals surface area contributed by atoms with Gasteiger partial charge in [0.2, 0.25) is 5.91 Å². The summed E-state index contributed by atoms with van der Waals surface area (Å²) in [6.45, 7) is 0.737. The van der Waals surface area contributed by atoms with Gasteiger partial charge in [-0.15, -0.1) is 0 Å². The van der Waals surface area contributed by atoms with Gasteiger partial charge in [-0.05, 0) is 52.6 Å². The molecule has 40 heavy (non-hydrogen) atoms. The number of nitrogens with one attached hydrogen (secondary N) is 1. The first-order valence-electron chi connectivity index (χ1n) is 13.0. The lowest BCUT2D eigenvalue weighted by molar-refractivity contribution is -0.141. The zero-order chi connectivity index (χ0) is 28.0. The van der Waals surface area contributed by atoms with E-state index in [2.05, 4.69) is 29.6 Å². The Morgan fingerprint density at radius 2 is 1.12 bits per heavy atom. The Balaban J connectivity index is 1.19. The van der Waals surface area contributed by atoms with Crippen LogP contribution in [0.4, 0.5) is 0 Å². The van der Waals surface area contributed by atoms with Crippen LogP contribution >= 0.6 is 0 Å². The van der Waals surface area contributed by atoms with Crippen molar-refractivity contribution >= 4 is 30.1 Å². The molecule has 0 saturated heterocycles. The van der Waals surface area contributed by atoms with Crippen LogP contribution in [0.15, 0.2) is 115 Å². The van der Waals surface area contributed by atoms with Gasteiger partial charge in [-0.2, -0.15) is 0 Å². The Bertz CT molecular complexity index is 1410. The van der Waals surface area contributed by atoms with Gasteiger partial charge in [-0.3, -0.25) is 4.79 Å². The Morgan fingerprint density at radius 1 is 0.650 bits per heavy atom. The van der Waals surface area contributed by atoms with E-state index < -0.39 is 17.9 Å². The van der Waals surface area contributed by atoms with Crippen LogP contribution in [0.2, 0.25) is 0 Å². The zero-order valence-corrected chi connectivity index (χ0v) is 22.0. The minimum atomic E-state index is -1.10. The minimum Gasteiger partial charge on any atom is -0.490 e. The number of carboxylic acid groups (broad SMARTS) is 1. The molecule has 0 spiro atoms. The van der Waals surface area contributed by atoms with Crippen molar-refractivity contribution in [2.24, 2.45) is 0 Å². The Labute approximate surface area is 234 Å². The third-order valence-electron chi connectivity index (χ3n) is 5.97. The normalized spacial score (nSPS) is 11.8. The van der Waals surface area contributed by atoms with E-state index in [1.54, 1.807) is 30.3 Å². The van der Waals surface area contributed by atoms with Gasteiger partial charge in [0.15, 0.2) is 0 Å². The van der Waals surface area contributed by atoms with Gasteiger partial charge < -0.3 is 19.9 Å². The minimum absolute atomic E-state index is 0.153. The molecular weight excluding hydrogens is 502 g/mol. The molecule has 0 radical (unpaired) electrons. The topological polar surface area (TPSA) is 84.9 Å². The van der Waals surface area contributed by atoms with E-state index >= 15 is 0 Å². The van der Waals surface area contributed by atoms with Crippen LogP contribution < -0.4 is 14.8 Å². The van der Waals surface area contributed by atoms with Gasteiger partial charge in [0, 0.05) is 12.5 Å². The molecule has 0 aliphatic rings. The molecule has 0 heterocycles. The van der Waals surface area contributed by atoms with E-state index in [9.17, 15) is 14.7 Å². The van der Waals surface area contributed by atoms with E-state index in [4.69, 9.17) is 9.47 Å². The highest BCUT2D eigenvalue weighted by Gasteiger charge is 2.19. The van der Waals surface area contributed by atoms with Crippen LogP contribution in [0.25, 0.3) is 18.2 Å². The molecule has 0 aliphatic heterocycles. The highest BCUT2D eigenvalue weighted by atomic mass is 16.5. The fourth-order valence-corrected chi connectivity index (χ4v) is 3.86. The van der Waals surface area contributed by atoms with Crippen molar-refractivity contribution < 1.29 is 24.2 Å². The molecule has 0 bridgehead atoms. The van der Waals surface area contributed by atoms with Crippen molar-refractivity contribution in [2.75, 3.05) is 13.2 Å². The first kappa shape index (κ1) is 27.9. The van der Waals surface area contributed by atoms with Gasteiger partial charge in [-0.25, -0.2) is 4.79 Å². The average molecular weight is 534 g/mol. The molecule has 1 unspecified atom stereocenters. The summed E-state index contributed by atoms with van der Waals surface area (Å²) < 4.78 is 11.5. The number of aliphatic carboxylic acids is 1. The quantitative estimate of drug-likeness (QED) is 0.123. The second kappa shape index (κ2) is 14.7. The molecule has 6 nitrogen and oxygen atoms in total. The number of hydrogen-bond donors (Lipinski definition) is 2. The van der Waals surface area contributed by atoms with Crippen molar-refractivity contribution in [3.63, 3.8) is 0 Å². The fraction of sp³-hybridized carbons (Fsp3) is 0.118. The molecule has 0 aliphatic carbocycles. The van der Waals surface area contributed by atoms with Crippen molar-refractivity contribution in [1.29, 1.82) is 0 Å². The SMILES string of the molecule is O=C(/C=C/c1ccccc1)NC(Cc1ccc(OCCOc2ccc(/C=C/c3ccccc3)cc2)cc1)C(=O)O. The number of carbonyl (C=O) groups excluding carboxylic acids is 1. The number of hydrogen-bond acceptors (Lipinski definition) is 4. The number of carboxylic acids is 1. The first-order chi connectivity index (χ1) is 19.5. The largest absolute Gasteiger partial charge is 0.490 e. The molecule has 1 amide bonds. The van der Waals surface area contributed by atoms with Gasteiger partial charge in [-0.1, -0.05) is 97.1 Å². The number of rotatable bonds is 13. The molecule has 202 valence electrons. The molecule has 1 atom stereocenters. The summed E-state index contributed by atoms with van der Waals surface area (Å²) >= 11 is 0. The zero-order valence-electron chi connectivity index (χ0n) is 22.0. The second-order valence-electron chi connectivity index (χ2n) is 9.00. The maximum atomic E-state index is 12.2. The maximum absolute atomic E-state index is 12.2. The third-order valence-corrected chi connectivity index (χ3v) is 5.97. The lowest BCUT2D eigenvalue weighted by Crippen LogP contribution is -2.41. The summed E-state index contributed by atoms with van der Waals surface area (Å²) in [5.41, 5.74) is 3.86.